The molecule has 1 heterocycles. The van der Waals surface area contributed by atoms with Gasteiger partial charge >= 0.3 is 0 Å². The summed E-state index contributed by atoms with van der Waals surface area (Å²) >= 11 is 6.07. The van der Waals surface area contributed by atoms with Gasteiger partial charge in [0.2, 0.25) is 11.8 Å². The van der Waals surface area contributed by atoms with Crippen LogP contribution in [0.4, 0.5) is 0 Å². The fourth-order valence-corrected chi connectivity index (χ4v) is 5.25. The molecule has 34 heavy (non-hydrogen) atoms. The lowest BCUT2D eigenvalue weighted by atomic mass is 10.1. The van der Waals surface area contributed by atoms with Crippen molar-refractivity contribution in [3.05, 3.63) is 70.9 Å². The Bertz CT molecular complexity index is 1150. The molecule has 0 saturated heterocycles. The molecule has 2 amide bonds. The predicted molar refractivity (Wildman–Crippen MR) is 136 cm³/mol. The van der Waals surface area contributed by atoms with Crippen molar-refractivity contribution in [1.29, 1.82) is 0 Å². The van der Waals surface area contributed by atoms with Gasteiger partial charge in [-0.05, 0) is 61.4 Å². The van der Waals surface area contributed by atoms with Gasteiger partial charge in [-0.25, -0.2) is 0 Å². The number of amides is 2. The summed E-state index contributed by atoms with van der Waals surface area (Å²) in [7, 11) is 0. The second-order valence-corrected chi connectivity index (χ2v) is 10.2. The van der Waals surface area contributed by atoms with Crippen LogP contribution in [0, 0.1) is 5.92 Å². The van der Waals surface area contributed by atoms with Gasteiger partial charge in [-0.2, -0.15) is 0 Å². The Labute approximate surface area is 206 Å². The van der Waals surface area contributed by atoms with Crippen molar-refractivity contribution in [3.8, 4) is 0 Å². The molecule has 1 aromatic heterocycles. The van der Waals surface area contributed by atoms with Crippen LogP contribution in [0.5, 0.6) is 0 Å². The van der Waals surface area contributed by atoms with E-state index in [-0.39, 0.29) is 30.3 Å². The van der Waals surface area contributed by atoms with Crippen molar-refractivity contribution in [2.75, 3.05) is 13.1 Å². The van der Waals surface area contributed by atoms with Crippen molar-refractivity contribution in [3.63, 3.8) is 0 Å². The molecule has 2 saturated carbocycles. The molecule has 1 N–H and O–H groups in total. The zero-order valence-corrected chi connectivity index (χ0v) is 20.3. The average molecular weight is 478 g/mol. The number of fused-ring (bicyclic) bond motifs is 1. The third-order valence-corrected chi connectivity index (χ3v) is 7.50. The summed E-state index contributed by atoms with van der Waals surface area (Å²) in [5.74, 6) is 0.314. The topological polar surface area (TPSA) is 56.4 Å². The smallest absolute Gasteiger partial charge is 0.242 e. The van der Waals surface area contributed by atoms with Gasteiger partial charge in [-0.3, -0.25) is 9.59 Å². The van der Waals surface area contributed by atoms with E-state index in [1.165, 1.54) is 10.9 Å². The number of hydrogen-bond donors (Lipinski definition) is 1. The number of aromatic nitrogens is 1. The van der Waals surface area contributed by atoms with Crippen LogP contribution in [0.25, 0.3) is 10.9 Å². The minimum absolute atomic E-state index is 0.0213. The van der Waals surface area contributed by atoms with E-state index in [2.05, 4.69) is 17.1 Å². The summed E-state index contributed by atoms with van der Waals surface area (Å²) in [6.45, 7) is 1.29. The van der Waals surface area contributed by atoms with Gasteiger partial charge in [0.1, 0.15) is 6.54 Å². The molecule has 2 fully saturated rings. The van der Waals surface area contributed by atoms with Crippen molar-refractivity contribution < 1.29 is 9.59 Å². The molecular formula is C28H32ClN3O2. The third kappa shape index (κ3) is 5.30. The zero-order chi connectivity index (χ0) is 23.5. The zero-order valence-electron chi connectivity index (χ0n) is 19.5. The Morgan fingerprint density at radius 3 is 2.44 bits per heavy atom. The van der Waals surface area contributed by atoms with Crippen molar-refractivity contribution >= 4 is 34.3 Å². The average Bonchev–Trinajstić information content (AvgIpc) is 3.37. The maximum absolute atomic E-state index is 13.6. The largest absolute Gasteiger partial charge is 0.361 e. The van der Waals surface area contributed by atoms with Crippen LogP contribution < -0.4 is 0 Å². The van der Waals surface area contributed by atoms with Crippen LogP contribution in [-0.4, -0.2) is 45.7 Å². The molecule has 5 nitrogen and oxygen atoms in total. The molecule has 2 aliphatic rings. The molecule has 178 valence electrons. The van der Waals surface area contributed by atoms with Gasteiger partial charge in [-0.15, -0.1) is 0 Å². The van der Waals surface area contributed by atoms with E-state index in [1.807, 2.05) is 52.4 Å². The number of rotatable bonds is 9. The minimum Gasteiger partial charge on any atom is -0.361 e. The van der Waals surface area contributed by atoms with Gasteiger partial charge in [-0.1, -0.05) is 54.8 Å². The van der Waals surface area contributed by atoms with Gasteiger partial charge in [0.25, 0.3) is 0 Å². The number of halogens is 1. The number of hydrogen-bond acceptors (Lipinski definition) is 2. The van der Waals surface area contributed by atoms with Gasteiger partial charge in [0.15, 0.2) is 0 Å². The Morgan fingerprint density at radius 1 is 0.971 bits per heavy atom. The number of carbonyl (C=O) groups is 2. The molecule has 0 unspecified atom stereocenters. The lowest BCUT2D eigenvalue weighted by Crippen LogP contribution is -2.46. The van der Waals surface area contributed by atoms with Gasteiger partial charge in [0.05, 0.1) is 0 Å². The molecule has 0 aliphatic heterocycles. The number of para-hydroxylation sites is 1. The maximum Gasteiger partial charge on any atom is 0.242 e. The quantitative estimate of drug-likeness (QED) is 0.437. The summed E-state index contributed by atoms with van der Waals surface area (Å²) in [6, 6.07) is 16.1. The van der Waals surface area contributed by atoms with Crippen LogP contribution in [0.15, 0.2) is 54.7 Å². The summed E-state index contributed by atoms with van der Waals surface area (Å²) in [4.78, 5) is 33.9. The Kier molecular flexibility index (Phi) is 6.91. The van der Waals surface area contributed by atoms with Crippen molar-refractivity contribution in [1.82, 2.24) is 14.8 Å². The van der Waals surface area contributed by atoms with E-state index >= 15 is 0 Å². The Hall–Kier alpha value is -2.79. The highest BCUT2D eigenvalue weighted by Crippen LogP contribution is 2.33. The van der Waals surface area contributed by atoms with Crippen LogP contribution >= 0.6 is 11.6 Å². The number of benzene rings is 2. The van der Waals surface area contributed by atoms with Crippen LogP contribution in [0.3, 0.4) is 0 Å². The lowest BCUT2D eigenvalue weighted by Gasteiger charge is -2.29. The predicted octanol–water partition coefficient (Wildman–Crippen LogP) is 5.57. The lowest BCUT2D eigenvalue weighted by molar-refractivity contribution is -0.143. The molecule has 2 aliphatic carbocycles. The van der Waals surface area contributed by atoms with Gasteiger partial charge < -0.3 is 14.8 Å². The highest BCUT2D eigenvalue weighted by Gasteiger charge is 2.38. The van der Waals surface area contributed by atoms with Crippen LogP contribution in [-0.2, 0) is 22.6 Å². The number of H-pyrrole nitrogens is 1. The van der Waals surface area contributed by atoms with E-state index < -0.39 is 0 Å². The molecule has 0 spiro atoms. The highest BCUT2D eigenvalue weighted by molar-refractivity contribution is 6.30. The summed E-state index contributed by atoms with van der Waals surface area (Å²) in [5, 5.41) is 1.87. The van der Waals surface area contributed by atoms with Crippen LogP contribution in [0.2, 0.25) is 5.02 Å². The molecule has 0 atom stereocenters. The van der Waals surface area contributed by atoms with E-state index in [1.54, 1.807) is 0 Å². The first-order valence-electron chi connectivity index (χ1n) is 12.5. The summed E-state index contributed by atoms with van der Waals surface area (Å²) in [5.41, 5.74) is 3.34. The minimum atomic E-state index is 0.0213. The molecule has 6 heteroatoms. The molecule has 0 bridgehead atoms. The summed E-state index contributed by atoms with van der Waals surface area (Å²) < 4.78 is 0. The fraction of sp³-hybridized carbons (Fsp3) is 0.429. The van der Waals surface area contributed by atoms with Crippen molar-refractivity contribution in [2.24, 2.45) is 5.92 Å². The molecular weight excluding hydrogens is 446 g/mol. The molecule has 2 aromatic carbocycles. The molecule has 3 aromatic rings. The van der Waals surface area contributed by atoms with Crippen LogP contribution in [0.1, 0.15) is 49.7 Å². The SMILES string of the molecule is O=C(CN(C(=O)C1CCCC1)C1CC1)N(CCc1c[nH]c2ccccc12)Cc1ccc(Cl)cc1. The number of nitrogens with one attached hydrogen (secondary N) is 1. The standard InChI is InChI=1S/C28H32ClN3O2/c29-23-11-9-20(10-12-23)18-31(16-15-22-17-30-26-8-4-3-7-25(22)26)27(33)19-32(24-13-14-24)28(34)21-5-1-2-6-21/h3-4,7-12,17,21,24,30H,1-2,5-6,13-16,18-19H2. The van der Waals surface area contributed by atoms with E-state index in [0.717, 1.165) is 56.0 Å². The monoisotopic (exact) mass is 477 g/mol. The second-order valence-electron chi connectivity index (χ2n) is 9.73. The maximum atomic E-state index is 13.6. The summed E-state index contributed by atoms with van der Waals surface area (Å²) in [6.07, 6.45) is 8.98. The van der Waals surface area contributed by atoms with Crippen molar-refractivity contribution in [2.45, 2.75) is 57.5 Å². The first-order chi connectivity index (χ1) is 16.6. The van der Waals surface area contributed by atoms with E-state index in [9.17, 15) is 9.59 Å². The third-order valence-electron chi connectivity index (χ3n) is 7.25. The van der Waals surface area contributed by atoms with Gasteiger partial charge in [0, 0.05) is 47.2 Å². The van der Waals surface area contributed by atoms with E-state index in [4.69, 9.17) is 11.6 Å². The van der Waals surface area contributed by atoms with E-state index in [0.29, 0.717) is 18.1 Å². The second kappa shape index (κ2) is 10.2. The Balaban J connectivity index is 1.32. The Morgan fingerprint density at radius 2 is 1.71 bits per heavy atom. The first kappa shape index (κ1) is 23.0. The first-order valence-corrected chi connectivity index (χ1v) is 12.8. The molecule has 0 radical (unpaired) electrons. The highest BCUT2D eigenvalue weighted by atomic mass is 35.5. The number of aromatic amines is 1. The fourth-order valence-electron chi connectivity index (χ4n) is 5.12. The normalized spacial score (nSPS) is 16.1. The number of nitrogens with zero attached hydrogens (tertiary/aromatic N) is 2. The molecule has 5 rings (SSSR count). The number of carbonyl (C=O) groups excluding carboxylic acids is 2.